The highest BCUT2D eigenvalue weighted by molar-refractivity contribution is 5.97. The second-order valence-electron chi connectivity index (χ2n) is 9.17. The quantitative estimate of drug-likeness (QED) is 0.320. The molecule has 9 nitrogen and oxygen atoms in total. The Bertz CT molecular complexity index is 1700. The van der Waals surface area contributed by atoms with Crippen molar-refractivity contribution in [3.05, 3.63) is 73.3 Å². The van der Waals surface area contributed by atoms with Crippen molar-refractivity contribution in [1.29, 1.82) is 0 Å². The summed E-state index contributed by atoms with van der Waals surface area (Å²) in [4.78, 5) is 21.7. The van der Waals surface area contributed by atoms with Crippen LogP contribution in [0.3, 0.4) is 0 Å². The number of nitrogens with one attached hydrogen (secondary N) is 3. The predicted octanol–water partition coefficient (Wildman–Crippen LogP) is 4.76. The Balaban J connectivity index is 1.26. The maximum absolute atomic E-state index is 6.22. The number of pyridine rings is 3. The fourth-order valence-corrected chi connectivity index (χ4v) is 4.86. The first-order valence-electron chi connectivity index (χ1n) is 12.4. The van der Waals surface area contributed by atoms with Gasteiger partial charge in [-0.1, -0.05) is 12.1 Å². The summed E-state index contributed by atoms with van der Waals surface area (Å²) < 4.78 is 6.22. The molecule has 0 atom stereocenters. The second-order valence-corrected chi connectivity index (χ2v) is 9.17. The van der Waals surface area contributed by atoms with Crippen molar-refractivity contribution in [1.82, 2.24) is 40.4 Å². The zero-order valence-corrected chi connectivity index (χ0v) is 20.0. The van der Waals surface area contributed by atoms with Crippen LogP contribution in [0.1, 0.15) is 12.8 Å². The molecule has 1 saturated heterocycles. The van der Waals surface area contributed by atoms with E-state index in [-0.39, 0.29) is 6.10 Å². The third-order valence-corrected chi connectivity index (χ3v) is 6.73. The van der Waals surface area contributed by atoms with Crippen LogP contribution in [0.4, 0.5) is 0 Å². The molecule has 6 aromatic rings. The molecule has 1 aliphatic heterocycles. The van der Waals surface area contributed by atoms with Gasteiger partial charge in [0, 0.05) is 29.5 Å². The average molecular weight is 489 g/mol. The van der Waals surface area contributed by atoms with Crippen LogP contribution in [0.25, 0.3) is 56.0 Å². The van der Waals surface area contributed by atoms with Crippen LogP contribution in [-0.4, -0.2) is 54.3 Å². The number of benzene rings is 1. The molecule has 7 rings (SSSR count). The lowest BCUT2D eigenvalue weighted by molar-refractivity contribution is 0.162. The number of imidazole rings is 1. The molecule has 1 aliphatic rings. The number of ether oxygens (including phenoxy) is 1. The van der Waals surface area contributed by atoms with E-state index in [1.807, 2.05) is 36.5 Å². The van der Waals surface area contributed by atoms with Crippen LogP contribution in [0.5, 0.6) is 5.75 Å². The first-order valence-corrected chi connectivity index (χ1v) is 12.4. The molecule has 0 bridgehead atoms. The maximum atomic E-state index is 6.22. The van der Waals surface area contributed by atoms with Gasteiger partial charge in [-0.2, -0.15) is 5.10 Å². The molecule has 6 heterocycles. The molecule has 3 N–H and O–H groups in total. The number of nitrogens with zero attached hydrogens (tertiary/aromatic N) is 5. The fourth-order valence-electron chi connectivity index (χ4n) is 4.86. The highest BCUT2D eigenvalue weighted by atomic mass is 16.5. The molecule has 0 unspecified atom stereocenters. The molecular formula is C28H24N8O. The van der Waals surface area contributed by atoms with Gasteiger partial charge in [-0.25, -0.2) is 4.98 Å². The minimum absolute atomic E-state index is 0.222. The molecular weight excluding hydrogens is 464 g/mol. The molecule has 1 aromatic carbocycles. The van der Waals surface area contributed by atoms with Crippen molar-refractivity contribution in [2.75, 3.05) is 13.1 Å². The van der Waals surface area contributed by atoms with E-state index in [1.165, 1.54) is 0 Å². The number of aromatic amines is 2. The van der Waals surface area contributed by atoms with Gasteiger partial charge in [-0.15, -0.1) is 0 Å². The first-order chi connectivity index (χ1) is 18.3. The topological polar surface area (TPSA) is 117 Å². The first kappa shape index (κ1) is 21.6. The van der Waals surface area contributed by atoms with E-state index in [1.54, 1.807) is 18.6 Å². The van der Waals surface area contributed by atoms with Crippen LogP contribution in [0.15, 0.2) is 73.3 Å². The summed E-state index contributed by atoms with van der Waals surface area (Å²) in [6, 6.07) is 16.0. The summed E-state index contributed by atoms with van der Waals surface area (Å²) in [5.74, 6) is 1.47. The number of hydrogen-bond acceptors (Lipinski definition) is 7. The van der Waals surface area contributed by atoms with Crippen molar-refractivity contribution < 1.29 is 4.74 Å². The third kappa shape index (κ3) is 4.09. The van der Waals surface area contributed by atoms with Gasteiger partial charge < -0.3 is 15.0 Å². The van der Waals surface area contributed by atoms with Crippen LogP contribution in [-0.2, 0) is 0 Å². The molecule has 1 fully saturated rings. The maximum Gasteiger partial charge on any atom is 0.159 e. The molecule has 0 spiro atoms. The van der Waals surface area contributed by atoms with E-state index >= 15 is 0 Å². The summed E-state index contributed by atoms with van der Waals surface area (Å²) in [6.45, 7) is 1.97. The van der Waals surface area contributed by atoms with E-state index < -0.39 is 0 Å². The Morgan fingerprint density at radius 3 is 2.68 bits per heavy atom. The second kappa shape index (κ2) is 9.11. The number of H-pyrrole nitrogens is 2. The van der Waals surface area contributed by atoms with Crippen molar-refractivity contribution >= 4 is 21.9 Å². The predicted molar refractivity (Wildman–Crippen MR) is 142 cm³/mol. The lowest BCUT2D eigenvalue weighted by Gasteiger charge is -2.23. The molecule has 0 radical (unpaired) electrons. The Labute approximate surface area is 212 Å². The zero-order chi connectivity index (χ0) is 24.6. The zero-order valence-electron chi connectivity index (χ0n) is 20.0. The summed E-state index contributed by atoms with van der Waals surface area (Å²) in [6.07, 6.45) is 9.40. The highest BCUT2D eigenvalue weighted by Crippen LogP contribution is 2.32. The Kier molecular flexibility index (Phi) is 5.32. The standard InChI is InChI=1S/C28H24N8O/c1-2-9-31-23(3-1)26-27-24(8-12-32-26)33-28(34-27)25-21-14-17(4-5-22(21)35-36-25)18-13-20(16-30-15-18)37-19-6-10-29-11-7-19/h1-5,8-9,12-16,19,29H,6-7,10-11H2,(H,33,34)(H,35,36). The van der Waals surface area contributed by atoms with Gasteiger partial charge in [0.25, 0.3) is 0 Å². The SMILES string of the molecule is c1ccc(-c2nccc3[nH]c(-c4n[nH]c5ccc(-c6cncc(OC7CCNCC7)c6)cc45)nc23)nc1. The number of fused-ring (bicyclic) bond motifs is 2. The number of aromatic nitrogens is 7. The van der Waals surface area contributed by atoms with Crippen molar-refractivity contribution in [3.63, 3.8) is 0 Å². The van der Waals surface area contributed by atoms with Crippen LogP contribution < -0.4 is 10.1 Å². The molecule has 0 aliphatic carbocycles. The van der Waals surface area contributed by atoms with E-state index in [0.717, 1.165) is 81.8 Å². The number of hydrogen-bond donors (Lipinski definition) is 3. The average Bonchev–Trinajstić information content (AvgIpc) is 3.58. The molecule has 0 saturated carbocycles. The van der Waals surface area contributed by atoms with E-state index in [0.29, 0.717) is 5.82 Å². The van der Waals surface area contributed by atoms with Gasteiger partial charge in [0.15, 0.2) is 5.82 Å². The van der Waals surface area contributed by atoms with E-state index in [9.17, 15) is 0 Å². The number of piperidine rings is 1. The lowest BCUT2D eigenvalue weighted by Crippen LogP contribution is -2.34. The molecule has 5 aromatic heterocycles. The van der Waals surface area contributed by atoms with Crippen LogP contribution in [0, 0.1) is 0 Å². The Morgan fingerprint density at radius 2 is 1.78 bits per heavy atom. The van der Waals surface area contributed by atoms with Gasteiger partial charge in [0.2, 0.25) is 0 Å². The van der Waals surface area contributed by atoms with Gasteiger partial charge in [-0.3, -0.25) is 20.1 Å². The van der Waals surface area contributed by atoms with Crippen molar-refractivity contribution in [2.45, 2.75) is 18.9 Å². The van der Waals surface area contributed by atoms with E-state index in [2.05, 4.69) is 53.6 Å². The summed E-state index contributed by atoms with van der Waals surface area (Å²) in [5.41, 5.74) is 6.85. The minimum Gasteiger partial charge on any atom is -0.489 e. The normalized spacial score (nSPS) is 14.4. The molecule has 182 valence electrons. The van der Waals surface area contributed by atoms with Crippen LogP contribution >= 0.6 is 0 Å². The fraction of sp³-hybridized carbons (Fsp3) is 0.179. The summed E-state index contributed by atoms with van der Waals surface area (Å²) >= 11 is 0. The summed E-state index contributed by atoms with van der Waals surface area (Å²) in [7, 11) is 0. The Hall–Kier alpha value is -4.63. The minimum atomic E-state index is 0.222. The number of rotatable bonds is 5. The monoisotopic (exact) mass is 488 g/mol. The smallest absolute Gasteiger partial charge is 0.159 e. The molecule has 0 amide bonds. The lowest BCUT2D eigenvalue weighted by atomic mass is 10.0. The third-order valence-electron chi connectivity index (χ3n) is 6.73. The van der Waals surface area contributed by atoms with Gasteiger partial charge in [0.05, 0.1) is 22.9 Å². The van der Waals surface area contributed by atoms with Gasteiger partial charge in [-0.05, 0) is 67.9 Å². The van der Waals surface area contributed by atoms with E-state index in [4.69, 9.17) is 9.72 Å². The highest BCUT2D eigenvalue weighted by Gasteiger charge is 2.18. The molecule has 9 heteroatoms. The Morgan fingerprint density at radius 1 is 0.838 bits per heavy atom. The largest absolute Gasteiger partial charge is 0.489 e. The van der Waals surface area contributed by atoms with Crippen LogP contribution in [0.2, 0.25) is 0 Å². The van der Waals surface area contributed by atoms with Gasteiger partial charge >= 0.3 is 0 Å². The van der Waals surface area contributed by atoms with Crippen molar-refractivity contribution in [3.8, 4) is 39.8 Å². The van der Waals surface area contributed by atoms with Crippen molar-refractivity contribution in [2.24, 2.45) is 0 Å². The molecule has 37 heavy (non-hydrogen) atoms. The summed E-state index contributed by atoms with van der Waals surface area (Å²) in [5, 5.41) is 12.1. The van der Waals surface area contributed by atoms with Gasteiger partial charge in [0.1, 0.15) is 28.8 Å².